The summed E-state index contributed by atoms with van der Waals surface area (Å²) in [7, 11) is 0. The summed E-state index contributed by atoms with van der Waals surface area (Å²) in [5, 5.41) is 12.3. The molecule has 1 atom stereocenters. The van der Waals surface area contributed by atoms with E-state index in [0.717, 1.165) is 18.1 Å². The van der Waals surface area contributed by atoms with Gasteiger partial charge in [0.2, 0.25) is 0 Å². The van der Waals surface area contributed by atoms with Crippen LogP contribution in [0.1, 0.15) is 16.5 Å². The zero-order valence-electron chi connectivity index (χ0n) is 8.66. The van der Waals surface area contributed by atoms with Gasteiger partial charge >= 0.3 is 0 Å². The number of hydrogen-bond donors (Lipinski definition) is 1. The molecular formula is C12H9Br2IOS. The van der Waals surface area contributed by atoms with Crippen molar-refractivity contribution in [3.8, 4) is 0 Å². The van der Waals surface area contributed by atoms with Gasteiger partial charge in [-0.25, -0.2) is 0 Å². The van der Waals surface area contributed by atoms with Gasteiger partial charge in [0.05, 0.1) is 6.10 Å². The fraction of sp³-hybridized carbons (Fsp3) is 0.167. The van der Waals surface area contributed by atoms with Crippen molar-refractivity contribution in [2.75, 3.05) is 0 Å². The molecule has 0 saturated heterocycles. The van der Waals surface area contributed by atoms with Gasteiger partial charge in [-0.3, -0.25) is 0 Å². The fourth-order valence-electron chi connectivity index (χ4n) is 1.53. The van der Waals surface area contributed by atoms with E-state index in [4.69, 9.17) is 0 Å². The quantitative estimate of drug-likeness (QED) is 0.593. The van der Waals surface area contributed by atoms with Crippen LogP contribution in [0.5, 0.6) is 0 Å². The fourth-order valence-corrected chi connectivity index (χ4v) is 4.05. The molecule has 1 aromatic carbocycles. The van der Waals surface area contributed by atoms with Gasteiger partial charge in [0, 0.05) is 29.2 Å². The zero-order valence-corrected chi connectivity index (χ0v) is 14.8. The summed E-state index contributed by atoms with van der Waals surface area (Å²) < 4.78 is 3.17. The average molecular weight is 488 g/mol. The smallest absolute Gasteiger partial charge is 0.0849 e. The van der Waals surface area contributed by atoms with E-state index < -0.39 is 6.10 Å². The molecule has 0 radical (unpaired) electrons. The number of thiophene rings is 1. The van der Waals surface area contributed by atoms with Crippen molar-refractivity contribution in [3.63, 3.8) is 0 Å². The number of halogens is 3. The summed E-state index contributed by atoms with van der Waals surface area (Å²) in [6.07, 6.45) is 0.180. The summed E-state index contributed by atoms with van der Waals surface area (Å²) in [6, 6.07) is 8.06. The van der Waals surface area contributed by atoms with E-state index in [1.54, 1.807) is 11.3 Å². The number of benzene rings is 1. The van der Waals surface area contributed by atoms with Gasteiger partial charge in [-0.2, -0.15) is 0 Å². The molecule has 0 aliphatic heterocycles. The van der Waals surface area contributed by atoms with Crippen LogP contribution in [-0.4, -0.2) is 5.11 Å². The zero-order chi connectivity index (χ0) is 12.4. The lowest BCUT2D eigenvalue weighted by Crippen LogP contribution is -2.02. The highest BCUT2D eigenvalue weighted by Crippen LogP contribution is 2.30. The highest BCUT2D eigenvalue weighted by molar-refractivity contribution is 14.1. The maximum Gasteiger partial charge on any atom is 0.0849 e. The highest BCUT2D eigenvalue weighted by atomic mass is 127. The molecule has 0 aliphatic carbocycles. The van der Waals surface area contributed by atoms with Gasteiger partial charge in [0.1, 0.15) is 0 Å². The van der Waals surface area contributed by atoms with E-state index in [0.29, 0.717) is 6.42 Å². The first kappa shape index (κ1) is 14.0. The van der Waals surface area contributed by atoms with E-state index in [9.17, 15) is 5.11 Å². The van der Waals surface area contributed by atoms with Gasteiger partial charge in [0.25, 0.3) is 0 Å². The van der Waals surface area contributed by atoms with Crippen molar-refractivity contribution in [1.29, 1.82) is 0 Å². The molecule has 17 heavy (non-hydrogen) atoms. The minimum absolute atomic E-state index is 0.468. The van der Waals surface area contributed by atoms with Gasteiger partial charge in [-0.05, 0) is 68.3 Å². The van der Waals surface area contributed by atoms with E-state index in [-0.39, 0.29) is 0 Å². The Labute approximate surface area is 135 Å². The van der Waals surface area contributed by atoms with Crippen LogP contribution in [0.4, 0.5) is 0 Å². The van der Waals surface area contributed by atoms with E-state index >= 15 is 0 Å². The van der Waals surface area contributed by atoms with Crippen LogP contribution in [-0.2, 0) is 6.42 Å². The van der Waals surface area contributed by atoms with Crippen molar-refractivity contribution >= 4 is 65.8 Å². The molecule has 0 bridgehead atoms. The third kappa shape index (κ3) is 3.76. The second-order valence-corrected chi connectivity index (χ2v) is 7.63. The number of hydrogen-bond acceptors (Lipinski definition) is 2. The molecule has 0 aliphatic rings. The molecule has 2 rings (SSSR count). The van der Waals surface area contributed by atoms with Crippen molar-refractivity contribution in [2.24, 2.45) is 0 Å². The van der Waals surface area contributed by atoms with Crippen molar-refractivity contribution < 1.29 is 5.11 Å². The third-order valence-electron chi connectivity index (χ3n) is 2.33. The normalized spacial score (nSPS) is 12.7. The van der Waals surface area contributed by atoms with Crippen LogP contribution in [0.25, 0.3) is 0 Å². The lowest BCUT2D eigenvalue weighted by atomic mass is 10.1. The van der Waals surface area contributed by atoms with Crippen molar-refractivity contribution in [2.45, 2.75) is 12.5 Å². The summed E-state index contributed by atoms with van der Waals surface area (Å²) in [4.78, 5) is 1.18. The first-order valence-corrected chi connectivity index (χ1v) is 8.46. The number of aliphatic hydroxyl groups excluding tert-OH is 1. The average Bonchev–Trinajstić information content (AvgIpc) is 2.67. The Bertz CT molecular complexity index is 527. The Morgan fingerprint density at radius 3 is 2.71 bits per heavy atom. The Kier molecular flexibility index (Phi) is 5.06. The van der Waals surface area contributed by atoms with Gasteiger partial charge in [-0.1, -0.05) is 15.9 Å². The highest BCUT2D eigenvalue weighted by Gasteiger charge is 2.13. The predicted molar refractivity (Wildman–Crippen MR) is 87.5 cm³/mol. The molecule has 1 aromatic heterocycles. The molecule has 0 fully saturated rings. The molecule has 1 N–H and O–H groups in total. The lowest BCUT2D eigenvalue weighted by molar-refractivity contribution is 0.178. The van der Waals surface area contributed by atoms with E-state index in [1.165, 1.54) is 4.88 Å². The molecule has 0 saturated carbocycles. The molecule has 2 aromatic rings. The van der Waals surface area contributed by atoms with Crippen LogP contribution < -0.4 is 0 Å². The Balaban J connectivity index is 2.19. The molecule has 1 unspecified atom stereocenters. The SMILES string of the molecule is OC(Cc1cc(Br)cs1)c1cc(I)ccc1Br. The summed E-state index contributed by atoms with van der Waals surface area (Å²) in [5.41, 5.74) is 0.946. The lowest BCUT2D eigenvalue weighted by Gasteiger charge is -2.12. The third-order valence-corrected chi connectivity index (χ3v) is 5.45. The predicted octanol–water partition coefficient (Wildman–Crippen LogP) is 5.15. The van der Waals surface area contributed by atoms with Gasteiger partial charge in [-0.15, -0.1) is 11.3 Å². The van der Waals surface area contributed by atoms with Crippen LogP contribution in [0.2, 0.25) is 0 Å². The first-order chi connectivity index (χ1) is 8.06. The molecule has 1 heterocycles. The Morgan fingerprint density at radius 2 is 2.06 bits per heavy atom. The Morgan fingerprint density at radius 1 is 1.29 bits per heavy atom. The second kappa shape index (κ2) is 6.14. The van der Waals surface area contributed by atoms with Crippen LogP contribution in [0, 0.1) is 3.57 Å². The molecule has 1 nitrogen and oxygen atoms in total. The van der Waals surface area contributed by atoms with Crippen LogP contribution >= 0.6 is 65.8 Å². The largest absolute Gasteiger partial charge is 0.388 e. The maximum absolute atomic E-state index is 10.2. The van der Waals surface area contributed by atoms with Crippen LogP contribution in [0.15, 0.2) is 38.6 Å². The molecule has 0 spiro atoms. The molecule has 5 heteroatoms. The minimum Gasteiger partial charge on any atom is -0.388 e. The monoisotopic (exact) mass is 486 g/mol. The first-order valence-electron chi connectivity index (χ1n) is 4.92. The number of aliphatic hydroxyl groups is 1. The molecule has 0 amide bonds. The van der Waals surface area contributed by atoms with Crippen molar-refractivity contribution in [3.05, 3.63) is 52.6 Å². The second-order valence-electron chi connectivity index (χ2n) is 3.62. The Hall–Kier alpha value is 0.570. The topological polar surface area (TPSA) is 20.2 Å². The summed E-state index contributed by atoms with van der Waals surface area (Å²) in [6.45, 7) is 0. The van der Waals surface area contributed by atoms with E-state index in [1.807, 2.05) is 23.6 Å². The maximum atomic E-state index is 10.2. The van der Waals surface area contributed by atoms with Gasteiger partial charge in [0.15, 0.2) is 0 Å². The standard InChI is InChI=1S/C12H9Br2IOS/c13-7-3-9(17-6-7)5-12(16)10-4-8(15)1-2-11(10)14/h1-4,6,12,16H,5H2. The van der Waals surface area contributed by atoms with Crippen LogP contribution in [0.3, 0.4) is 0 Å². The van der Waals surface area contributed by atoms with E-state index in [2.05, 4.69) is 60.5 Å². The number of rotatable bonds is 3. The van der Waals surface area contributed by atoms with Crippen molar-refractivity contribution in [1.82, 2.24) is 0 Å². The molecule has 90 valence electrons. The summed E-state index contributed by atoms with van der Waals surface area (Å²) >= 11 is 10.8. The minimum atomic E-state index is -0.468. The summed E-state index contributed by atoms with van der Waals surface area (Å²) in [5.74, 6) is 0. The van der Waals surface area contributed by atoms with Gasteiger partial charge < -0.3 is 5.11 Å². The molecular weight excluding hydrogens is 479 g/mol.